The number of amides is 1. The second-order valence-electron chi connectivity index (χ2n) is 6.31. The number of nitrogens with zero attached hydrogens (tertiary/aromatic N) is 2. The van der Waals surface area contributed by atoms with E-state index in [2.05, 4.69) is 15.3 Å². The minimum atomic E-state index is -3.11. The van der Waals surface area contributed by atoms with E-state index in [-0.39, 0.29) is 17.6 Å². The lowest BCUT2D eigenvalue weighted by atomic mass is 10.1. The molecule has 0 aliphatic rings. The number of aromatic nitrogens is 2. The van der Waals surface area contributed by atoms with Crippen molar-refractivity contribution in [2.75, 3.05) is 11.6 Å². The van der Waals surface area contributed by atoms with Crippen LogP contribution in [0.25, 0.3) is 11.3 Å². The molecule has 1 amide bonds. The molecule has 27 heavy (non-hydrogen) atoms. The van der Waals surface area contributed by atoms with Gasteiger partial charge in [0.25, 0.3) is 5.91 Å². The van der Waals surface area contributed by atoms with Gasteiger partial charge in [-0.3, -0.25) is 10.1 Å². The van der Waals surface area contributed by atoms with Gasteiger partial charge in [-0.25, -0.2) is 18.4 Å². The van der Waals surface area contributed by atoms with Crippen molar-refractivity contribution in [3.05, 3.63) is 77.5 Å². The number of aryl methyl sites for hydroxylation is 1. The van der Waals surface area contributed by atoms with E-state index in [4.69, 9.17) is 0 Å². The summed E-state index contributed by atoms with van der Waals surface area (Å²) in [5.41, 5.74) is 3.64. The van der Waals surface area contributed by atoms with Crippen LogP contribution >= 0.6 is 0 Å². The van der Waals surface area contributed by atoms with Gasteiger partial charge in [0.2, 0.25) is 5.95 Å². The molecule has 0 bridgehead atoms. The molecule has 0 unspecified atom stereocenters. The van der Waals surface area contributed by atoms with Crippen molar-refractivity contribution >= 4 is 21.7 Å². The van der Waals surface area contributed by atoms with Crippen molar-refractivity contribution < 1.29 is 13.2 Å². The summed E-state index contributed by atoms with van der Waals surface area (Å²) in [7, 11) is -3.11. The van der Waals surface area contributed by atoms with Gasteiger partial charge in [-0.05, 0) is 30.2 Å². The van der Waals surface area contributed by atoms with Gasteiger partial charge in [-0.1, -0.05) is 42.5 Å². The smallest absolute Gasteiger partial charge is 0.258 e. The van der Waals surface area contributed by atoms with Gasteiger partial charge in [0.1, 0.15) is 0 Å². The first kappa shape index (κ1) is 18.7. The molecule has 3 rings (SSSR count). The Labute approximate surface area is 158 Å². The van der Waals surface area contributed by atoms with Crippen LogP contribution < -0.4 is 5.32 Å². The molecule has 3 aromatic rings. The molecule has 1 N–H and O–H groups in total. The molecule has 0 fully saturated rings. The number of carbonyl (C=O) groups excluding carboxylic acids is 1. The molecule has 0 radical (unpaired) electrons. The topological polar surface area (TPSA) is 89.0 Å². The second-order valence-corrected chi connectivity index (χ2v) is 8.45. The zero-order chi connectivity index (χ0) is 19.4. The van der Waals surface area contributed by atoms with E-state index in [1.54, 1.807) is 30.5 Å². The molecule has 7 heteroatoms. The van der Waals surface area contributed by atoms with Gasteiger partial charge in [0.05, 0.1) is 11.4 Å². The Bertz CT molecular complexity index is 1060. The second kappa shape index (κ2) is 7.67. The normalized spacial score (nSPS) is 11.2. The van der Waals surface area contributed by atoms with Gasteiger partial charge in [0.15, 0.2) is 9.84 Å². The van der Waals surface area contributed by atoms with E-state index in [0.29, 0.717) is 11.1 Å². The fourth-order valence-corrected chi connectivity index (χ4v) is 3.42. The molecule has 1 heterocycles. The van der Waals surface area contributed by atoms with Crippen molar-refractivity contribution in [1.82, 2.24) is 9.97 Å². The first-order valence-corrected chi connectivity index (χ1v) is 10.3. The molecule has 0 saturated carbocycles. The highest BCUT2D eigenvalue weighted by atomic mass is 32.2. The van der Waals surface area contributed by atoms with Gasteiger partial charge < -0.3 is 0 Å². The number of hydrogen-bond acceptors (Lipinski definition) is 5. The third-order valence-electron chi connectivity index (χ3n) is 3.89. The van der Waals surface area contributed by atoms with E-state index >= 15 is 0 Å². The maximum absolute atomic E-state index is 12.4. The molecule has 1 aromatic heterocycles. The Morgan fingerprint density at radius 3 is 2.33 bits per heavy atom. The number of hydrogen-bond donors (Lipinski definition) is 1. The van der Waals surface area contributed by atoms with E-state index < -0.39 is 9.84 Å². The van der Waals surface area contributed by atoms with E-state index in [9.17, 15) is 13.2 Å². The Morgan fingerprint density at radius 2 is 1.70 bits per heavy atom. The molecule has 2 aromatic carbocycles. The molecule has 6 nitrogen and oxygen atoms in total. The molecule has 0 spiro atoms. The SMILES string of the molecule is Cc1cnc(NC(=O)c2ccc(CS(C)(=O)=O)cc2)nc1-c1ccccc1. The molecular weight excluding hydrogens is 362 g/mol. The summed E-state index contributed by atoms with van der Waals surface area (Å²) in [4.78, 5) is 21.1. The van der Waals surface area contributed by atoms with Gasteiger partial charge in [0, 0.05) is 23.6 Å². The van der Waals surface area contributed by atoms with Crippen LogP contribution in [0.1, 0.15) is 21.5 Å². The van der Waals surface area contributed by atoms with Crippen LogP contribution in [0, 0.1) is 6.92 Å². The predicted octanol–water partition coefficient (Wildman–Crippen LogP) is 3.25. The molecule has 0 aliphatic heterocycles. The van der Waals surface area contributed by atoms with Crippen LogP contribution in [0.5, 0.6) is 0 Å². The highest BCUT2D eigenvalue weighted by molar-refractivity contribution is 7.89. The van der Waals surface area contributed by atoms with Crippen LogP contribution in [0.3, 0.4) is 0 Å². The monoisotopic (exact) mass is 381 g/mol. The number of rotatable bonds is 5. The molecular formula is C20H19N3O3S. The van der Waals surface area contributed by atoms with E-state index in [1.165, 1.54) is 6.26 Å². The minimum Gasteiger partial charge on any atom is -0.290 e. The number of nitrogens with one attached hydrogen (secondary N) is 1. The fourth-order valence-electron chi connectivity index (χ4n) is 2.62. The zero-order valence-electron chi connectivity index (χ0n) is 15.0. The van der Waals surface area contributed by atoms with Crippen molar-refractivity contribution in [1.29, 1.82) is 0 Å². The highest BCUT2D eigenvalue weighted by Gasteiger charge is 2.12. The Kier molecular flexibility index (Phi) is 5.32. The third-order valence-corrected chi connectivity index (χ3v) is 4.75. The highest BCUT2D eigenvalue weighted by Crippen LogP contribution is 2.21. The summed E-state index contributed by atoms with van der Waals surface area (Å²) < 4.78 is 22.7. The van der Waals surface area contributed by atoms with Crippen LogP contribution in [-0.2, 0) is 15.6 Å². The summed E-state index contributed by atoms with van der Waals surface area (Å²) in [5.74, 6) is -0.204. The zero-order valence-corrected chi connectivity index (χ0v) is 15.8. The summed E-state index contributed by atoms with van der Waals surface area (Å²) >= 11 is 0. The number of anilines is 1. The molecule has 138 valence electrons. The predicted molar refractivity (Wildman–Crippen MR) is 105 cm³/mol. The Balaban J connectivity index is 1.78. The first-order valence-electron chi connectivity index (χ1n) is 8.29. The first-order chi connectivity index (χ1) is 12.8. The van der Waals surface area contributed by atoms with E-state index in [0.717, 1.165) is 16.8 Å². The third kappa shape index (κ3) is 4.98. The Morgan fingerprint density at radius 1 is 1.04 bits per heavy atom. The number of carbonyl (C=O) groups is 1. The van der Waals surface area contributed by atoms with Gasteiger partial charge in [-0.2, -0.15) is 0 Å². The summed E-state index contributed by atoms with van der Waals surface area (Å²) in [6.45, 7) is 1.91. The van der Waals surface area contributed by atoms with Crippen molar-refractivity contribution in [3.8, 4) is 11.3 Å². The number of benzene rings is 2. The average molecular weight is 381 g/mol. The largest absolute Gasteiger partial charge is 0.290 e. The summed E-state index contributed by atoms with van der Waals surface area (Å²) in [6, 6.07) is 16.1. The minimum absolute atomic E-state index is 0.0591. The summed E-state index contributed by atoms with van der Waals surface area (Å²) in [6.07, 6.45) is 2.84. The molecule has 0 atom stereocenters. The number of sulfone groups is 1. The van der Waals surface area contributed by atoms with Crippen molar-refractivity contribution in [3.63, 3.8) is 0 Å². The van der Waals surface area contributed by atoms with Crippen LogP contribution in [0.4, 0.5) is 5.95 Å². The van der Waals surface area contributed by atoms with Crippen LogP contribution in [0.2, 0.25) is 0 Å². The van der Waals surface area contributed by atoms with Crippen LogP contribution in [-0.4, -0.2) is 30.5 Å². The van der Waals surface area contributed by atoms with Gasteiger partial charge in [-0.15, -0.1) is 0 Å². The lowest BCUT2D eigenvalue weighted by molar-refractivity contribution is 0.102. The van der Waals surface area contributed by atoms with E-state index in [1.807, 2.05) is 37.3 Å². The van der Waals surface area contributed by atoms with Crippen molar-refractivity contribution in [2.45, 2.75) is 12.7 Å². The molecule has 0 saturated heterocycles. The summed E-state index contributed by atoms with van der Waals surface area (Å²) in [5, 5.41) is 2.68. The average Bonchev–Trinajstić information content (AvgIpc) is 2.63. The lowest BCUT2D eigenvalue weighted by Crippen LogP contribution is -2.14. The lowest BCUT2D eigenvalue weighted by Gasteiger charge is -2.09. The Hall–Kier alpha value is -3.06. The standard InChI is InChI=1S/C20H19N3O3S/c1-14-12-21-20(22-18(14)16-6-4-3-5-7-16)23-19(24)17-10-8-15(9-11-17)13-27(2,25)26/h3-12H,13H2,1-2H3,(H,21,22,23,24). The van der Waals surface area contributed by atoms with Crippen molar-refractivity contribution in [2.24, 2.45) is 0 Å². The van der Waals surface area contributed by atoms with Gasteiger partial charge >= 0.3 is 0 Å². The van der Waals surface area contributed by atoms with Crippen LogP contribution in [0.15, 0.2) is 60.8 Å². The maximum Gasteiger partial charge on any atom is 0.258 e. The quantitative estimate of drug-likeness (QED) is 0.733. The fraction of sp³-hybridized carbons (Fsp3) is 0.150. The maximum atomic E-state index is 12.4. The molecule has 0 aliphatic carbocycles.